The molecule has 3 aromatic carbocycles. The highest BCUT2D eigenvalue weighted by Gasteiger charge is 2.13. The number of nitrogens with one attached hydrogen (secondary N) is 2. The van der Waals surface area contributed by atoms with E-state index in [2.05, 4.69) is 15.8 Å². The Morgan fingerprint density at radius 1 is 0.903 bits per heavy atom. The van der Waals surface area contributed by atoms with Crippen LogP contribution in [0.4, 0.5) is 5.69 Å². The van der Waals surface area contributed by atoms with E-state index in [4.69, 9.17) is 16.3 Å². The Hall–Kier alpha value is -3.97. The van der Waals surface area contributed by atoms with E-state index >= 15 is 0 Å². The molecule has 0 spiro atoms. The largest absolute Gasteiger partial charge is 0.423 e. The van der Waals surface area contributed by atoms with Gasteiger partial charge in [0.2, 0.25) is 0 Å². The van der Waals surface area contributed by atoms with E-state index in [1.807, 2.05) is 19.1 Å². The zero-order chi connectivity index (χ0) is 22.2. The first-order chi connectivity index (χ1) is 14.9. The van der Waals surface area contributed by atoms with E-state index in [9.17, 15) is 14.4 Å². The molecule has 0 bridgehead atoms. The molecule has 0 saturated carbocycles. The Morgan fingerprint density at radius 2 is 1.58 bits per heavy atom. The van der Waals surface area contributed by atoms with Gasteiger partial charge in [-0.15, -0.1) is 0 Å². The fourth-order valence-electron chi connectivity index (χ4n) is 2.52. The highest BCUT2D eigenvalue weighted by atomic mass is 35.5. The number of hydrogen-bond acceptors (Lipinski definition) is 5. The Morgan fingerprint density at radius 3 is 2.26 bits per heavy atom. The lowest BCUT2D eigenvalue weighted by atomic mass is 10.1. The molecular weight excluding hydrogens is 418 g/mol. The van der Waals surface area contributed by atoms with Gasteiger partial charge >= 0.3 is 17.8 Å². The minimum absolute atomic E-state index is 0.372. The van der Waals surface area contributed by atoms with E-state index in [-0.39, 0.29) is 0 Å². The van der Waals surface area contributed by atoms with E-state index in [1.165, 1.54) is 6.21 Å². The molecule has 0 heterocycles. The number of rotatable bonds is 5. The molecule has 31 heavy (non-hydrogen) atoms. The number of aryl methyl sites for hydroxylation is 1. The van der Waals surface area contributed by atoms with Crippen molar-refractivity contribution in [2.75, 3.05) is 5.32 Å². The first-order valence-electron chi connectivity index (χ1n) is 9.20. The van der Waals surface area contributed by atoms with Crippen LogP contribution in [-0.2, 0) is 9.59 Å². The summed E-state index contributed by atoms with van der Waals surface area (Å²) in [5, 5.41) is 6.70. The molecule has 3 aromatic rings. The molecule has 0 fully saturated rings. The normalized spacial score (nSPS) is 10.5. The summed E-state index contributed by atoms with van der Waals surface area (Å²) in [6.07, 6.45) is 1.36. The molecule has 0 aromatic heterocycles. The number of nitrogens with zero attached hydrogens (tertiary/aromatic N) is 1. The first kappa shape index (κ1) is 21.7. The number of ether oxygens (including phenoxy) is 1. The molecule has 0 aliphatic rings. The van der Waals surface area contributed by atoms with Gasteiger partial charge in [-0.25, -0.2) is 10.2 Å². The maximum absolute atomic E-state index is 12.2. The van der Waals surface area contributed by atoms with Gasteiger partial charge in [0.05, 0.1) is 11.8 Å². The minimum atomic E-state index is -0.921. The Kier molecular flexibility index (Phi) is 7.13. The SMILES string of the molecule is Cc1ccccc1C(=O)Oc1ccc(/C=N/NC(=O)C(=O)Nc2ccc(Cl)cc2)cc1. The highest BCUT2D eigenvalue weighted by molar-refractivity contribution is 6.39. The van der Waals surface area contributed by atoms with Gasteiger partial charge in [-0.1, -0.05) is 29.8 Å². The quantitative estimate of drug-likeness (QED) is 0.208. The third kappa shape index (κ3) is 6.25. The maximum atomic E-state index is 12.2. The van der Waals surface area contributed by atoms with E-state index in [0.29, 0.717) is 27.6 Å². The Labute approximate surface area is 183 Å². The van der Waals surface area contributed by atoms with Crippen LogP contribution in [0.5, 0.6) is 5.75 Å². The lowest BCUT2D eigenvalue weighted by Crippen LogP contribution is -2.32. The molecule has 0 saturated heterocycles. The van der Waals surface area contributed by atoms with E-state index in [1.54, 1.807) is 60.7 Å². The number of anilines is 1. The van der Waals surface area contributed by atoms with Crippen molar-refractivity contribution in [2.45, 2.75) is 6.92 Å². The van der Waals surface area contributed by atoms with Crippen LogP contribution in [0.3, 0.4) is 0 Å². The summed E-state index contributed by atoms with van der Waals surface area (Å²) in [4.78, 5) is 35.9. The van der Waals surface area contributed by atoms with Gasteiger partial charge in [0.25, 0.3) is 0 Å². The fraction of sp³-hybridized carbons (Fsp3) is 0.0435. The molecule has 0 radical (unpaired) electrons. The average Bonchev–Trinajstić information content (AvgIpc) is 2.76. The van der Waals surface area contributed by atoms with Gasteiger partial charge in [0.15, 0.2) is 0 Å². The monoisotopic (exact) mass is 435 g/mol. The zero-order valence-corrected chi connectivity index (χ0v) is 17.2. The molecule has 7 nitrogen and oxygen atoms in total. The van der Waals surface area contributed by atoms with Gasteiger partial charge in [0, 0.05) is 10.7 Å². The molecule has 156 valence electrons. The van der Waals surface area contributed by atoms with Crippen molar-refractivity contribution in [3.8, 4) is 5.75 Å². The Balaban J connectivity index is 1.51. The van der Waals surface area contributed by atoms with Crippen molar-refractivity contribution in [1.82, 2.24) is 5.43 Å². The number of amides is 2. The number of hydrogen-bond donors (Lipinski definition) is 2. The summed E-state index contributed by atoms with van der Waals surface area (Å²) in [6, 6.07) is 20.0. The van der Waals surface area contributed by atoms with Crippen LogP contribution in [-0.4, -0.2) is 24.0 Å². The molecule has 2 N–H and O–H groups in total. The third-order valence-electron chi connectivity index (χ3n) is 4.14. The average molecular weight is 436 g/mol. The van der Waals surface area contributed by atoms with Crippen molar-refractivity contribution >= 4 is 41.3 Å². The molecule has 0 aliphatic heterocycles. The number of carbonyl (C=O) groups is 3. The van der Waals surface area contributed by atoms with Gasteiger partial charge in [-0.3, -0.25) is 9.59 Å². The summed E-state index contributed by atoms with van der Waals surface area (Å²) in [5.41, 5.74) is 4.53. The van der Waals surface area contributed by atoms with Crippen LogP contribution in [0.1, 0.15) is 21.5 Å². The number of carbonyl (C=O) groups excluding carboxylic acids is 3. The molecule has 2 amide bonds. The summed E-state index contributed by atoms with van der Waals surface area (Å²) in [6.45, 7) is 1.83. The first-order valence-corrected chi connectivity index (χ1v) is 9.58. The van der Waals surface area contributed by atoms with Gasteiger partial charge < -0.3 is 10.1 Å². The zero-order valence-electron chi connectivity index (χ0n) is 16.5. The Bertz CT molecular complexity index is 1130. The second-order valence-electron chi connectivity index (χ2n) is 6.43. The van der Waals surface area contributed by atoms with Gasteiger partial charge in [-0.05, 0) is 72.6 Å². The van der Waals surface area contributed by atoms with Crippen LogP contribution >= 0.6 is 11.6 Å². The molecular formula is C23H18ClN3O4. The molecule has 0 unspecified atom stereocenters. The molecule has 0 aliphatic carbocycles. The molecule has 3 rings (SSSR count). The number of hydrazone groups is 1. The van der Waals surface area contributed by atoms with Crippen molar-refractivity contribution in [3.05, 3.63) is 94.5 Å². The lowest BCUT2D eigenvalue weighted by molar-refractivity contribution is -0.136. The number of esters is 1. The van der Waals surface area contributed by atoms with Gasteiger partial charge in [0.1, 0.15) is 5.75 Å². The van der Waals surface area contributed by atoms with Crippen molar-refractivity contribution in [3.63, 3.8) is 0 Å². The van der Waals surface area contributed by atoms with E-state index < -0.39 is 17.8 Å². The molecule has 0 atom stereocenters. The topological polar surface area (TPSA) is 96.9 Å². The van der Waals surface area contributed by atoms with Crippen molar-refractivity contribution < 1.29 is 19.1 Å². The minimum Gasteiger partial charge on any atom is -0.423 e. The number of halogens is 1. The predicted molar refractivity (Wildman–Crippen MR) is 118 cm³/mol. The lowest BCUT2D eigenvalue weighted by Gasteiger charge is -2.06. The third-order valence-corrected chi connectivity index (χ3v) is 4.40. The summed E-state index contributed by atoms with van der Waals surface area (Å²) in [7, 11) is 0. The van der Waals surface area contributed by atoms with Crippen LogP contribution < -0.4 is 15.5 Å². The standard InChI is InChI=1S/C23H18ClN3O4/c1-15-4-2-3-5-20(15)23(30)31-19-12-6-16(7-13-19)14-25-27-22(29)21(28)26-18-10-8-17(24)9-11-18/h2-14H,1H3,(H,26,28)(H,27,29)/b25-14+. The highest BCUT2D eigenvalue weighted by Crippen LogP contribution is 2.16. The van der Waals surface area contributed by atoms with E-state index in [0.717, 1.165) is 5.56 Å². The van der Waals surface area contributed by atoms with Crippen LogP contribution in [0.15, 0.2) is 77.9 Å². The summed E-state index contributed by atoms with van der Waals surface area (Å²) in [5.74, 6) is -1.86. The number of benzene rings is 3. The second-order valence-corrected chi connectivity index (χ2v) is 6.87. The predicted octanol–water partition coefficient (Wildman–Crippen LogP) is 3.96. The van der Waals surface area contributed by atoms with Crippen molar-refractivity contribution in [1.29, 1.82) is 0 Å². The maximum Gasteiger partial charge on any atom is 0.343 e. The van der Waals surface area contributed by atoms with Crippen LogP contribution in [0, 0.1) is 6.92 Å². The van der Waals surface area contributed by atoms with Crippen molar-refractivity contribution in [2.24, 2.45) is 5.10 Å². The van der Waals surface area contributed by atoms with Crippen LogP contribution in [0.2, 0.25) is 5.02 Å². The van der Waals surface area contributed by atoms with Crippen LogP contribution in [0.25, 0.3) is 0 Å². The van der Waals surface area contributed by atoms with Gasteiger partial charge in [-0.2, -0.15) is 5.10 Å². The fourth-order valence-corrected chi connectivity index (χ4v) is 2.65. The summed E-state index contributed by atoms with van der Waals surface area (Å²) < 4.78 is 5.36. The summed E-state index contributed by atoms with van der Waals surface area (Å²) >= 11 is 5.77. The second kappa shape index (κ2) is 10.2. The molecule has 8 heteroatoms. The smallest absolute Gasteiger partial charge is 0.343 e.